The van der Waals surface area contributed by atoms with E-state index in [1.807, 2.05) is 13.8 Å². The third-order valence-corrected chi connectivity index (χ3v) is 4.73. The molecule has 1 amide bonds. The number of nitrogens with zero attached hydrogens (tertiary/aromatic N) is 1. The van der Waals surface area contributed by atoms with Crippen LogP contribution in [0.2, 0.25) is 0 Å². The fourth-order valence-electron chi connectivity index (χ4n) is 3.35. The SMILES string of the molecule is CC(C)=CCO[C@@H]1COCC[C@H]1NC(=O)CN1Cc2ccccc2C1. The molecule has 0 spiro atoms. The molecule has 0 radical (unpaired) electrons. The lowest BCUT2D eigenvalue weighted by Gasteiger charge is -2.32. The number of fused-ring (bicyclic) bond motifs is 1. The van der Waals surface area contributed by atoms with Gasteiger partial charge in [-0.2, -0.15) is 0 Å². The Morgan fingerprint density at radius 1 is 1.32 bits per heavy atom. The molecule has 0 aromatic heterocycles. The van der Waals surface area contributed by atoms with Crippen LogP contribution < -0.4 is 5.32 Å². The number of amides is 1. The van der Waals surface area contributed by atoms with Gasteiger partial charge in [0.05, 0.1) is 25.8 Å². The topological polar surface area (TPSA) is 50.8 Å². The first-order valence-corrected chi connectivity index (χ1v) is 9.03. The van der Waals surface area contributed by atoms with Gasteiger partial charge in [0.15, 0.2) is 0 Å². The number of carbonyl (C=O) groups excluding carboxylic acids is 1. The van der Waals surface area contributed by atoms with Crippen molar-refractivity contribution in [2.45, 2.75) is 45.5 Å². The average Bonchev–Trinajstić information content (AvgIpc) is 2.98. The molecule has 1 fully saturated rings. The van der Waals surface area contributed by atoms with E-state index in [-0.39, 0.29) is 18.1 Å². The Balaban J connectivity index is 1.48. The summed E-state index contributed by atoms with van der Waals surface area (Å²) >= 11 is 0. The van der Waals surface area contributed by atoms with Crippen molar-refractivity contribution in [3.8, 4) is 0 Å². The average molecular weight is 344 g/mol. The Morgan fingerprint density at radius 3 is 2.72 bits per heavy atom. The maximum atomic E-state index is 12.5. The summed E-state index contributed by atoms with van der Waals surface area (Å²) in [5, 5.41) is 3.15. The van der Waals surface area contributed by atoms with Crippen LogP contribution in [0.25, 0.3) is 0 Å². The summed E-state index contributed by atoms with van der Waals surface area (Å²) in [6.07, 6.45) is 2.77. The molecule has 2 aliphatic heterocycles. The summed E-state index contributed by atoms with van der Waals surface area (Å²) in [7, 11) is 0. The molecule has 0 bridgehead atoms. The molecule has 5 nitrogen and oxygen atoms in total. The second-order valence-electron chi connectivity index (χ2n) is 7.10. The molecule has 3 rings (SSSR count). The second kappa shape index (κ2) is 8.61. The predicted octanol–water partition coefficient (Wildman–Crippen LogP) is 2.26. The van der Waals surface area contributed by atoms with E-state index in [1.54, 1.807) is 0 Å². The summed E-state index contributed by atoms with van der Waals surface area (Å²) in [4.78, 5) is 14.7. The molecule has 2 aliphatic rings. The van der Waals surface area contributed by atoms with Crippen LogP contribution in [0.4, 0.5) is 0 Å². The number of hydrogen-bond acceptors (Lipinski definition) is 4. The molecule has 25 heavy (non-hydrogen) atoms. The highest BCUT2D eigenvalue weighted by atomic mass is 16.5. The van der Waals surface area contributed by atoms with Gasteiger partial charge in [0.1, 0.15) is 6.10 Å². The number of carbonyl (C=O) groups is 1. The van der Waals surface area contributed by atoms with Crippen LogP contribution in [0, 0.1) is 0 Å². The molecule has 1 aromatic rings. The molecule has 0 aliphatic carbocycles. The van der Waals surface area contributed by atoms with Crippen molar-refractivity contribution in [3.63, 3.8) is 0 Å². The van der Waals surface area contributed by atoms with Gasteiger partial charge in [-0.05, 0) is 31.4 Å². The van der Waals surface area contributed by atoms with Gasteiger partial charge in [-0.3, -0.25) is 9.69 Å². The minimum absolute atomic E-state index is 0.0248. The van der Waals surface area contributed by atoms with Crippen LogP contribution in [-0.4, -0.2) is 49.3 Å². The molecule has 2 atom stereocenters. The predicted molar refractivity (Wildman–Crippen MR) is 97.1 cm³/mol. The molecule has 1 N–H and O–H groups in total. The van der Waals surface area contributed by atoms with E-state index < -0.39 is 0 Å². The number of nitrogens with one attached hydrogen (secondary N) is 1. The van der Waals surface area contributed by atoms with Crippen LogP contribution in [0.1, 0.15) is 31.4 Å². The van der Waals surface area contributed by atoms with E-state index in [2.05, 4.69) is 40.6 Å². The fourth-order valence-corrected chi connectivity index (χ4v) is 3.35. The first-order valence-electron chi connectivity index (χ1n) is 9.03. The maximum Gasteiger partial charge on any atom is 0.234 e. The van der Waals surface area contributed by atoms with Crippen molar-refractivity contribution in [1.29, 1.82) is 0 Å². The van der Waals surface area contributed by atoms with Gasteiger partial charge in [-0.15, -0.1) is 0 Å². The summed E-state index contributed by atoms with van der Waals surface area (Å²) in [6, 6.07) is 8.41. The molecule has 1 aromatic carbocycles. The van der Waals surface area contributed by atoms with Gasteiger partial charge < -0.3 is 14.8 Å². The normalized spacial score (nSPS) is 23.1. The number of hydrogen-bond donors (Lipinski definition) is 1. The second-order valence-corrected chi connectivity index (χ2v) is 7.10. The first kappa shape index (κ1) is 18.1. The van der Waals surface area contributed by atoms with Gasteiger partial charge >= 0.3 is 0 Å². The Hall–Kier alpha value is -1.69. The first-order chi connectivity index (χ1) is 12.1. The van der Waals surface area contributed by atoms with E-state index in [4.69, 9.17) is 9.47 Å². The van der Waals surface area contributed by atoms with Crippen molar-refractivity contribution in [2.75, 3.05) is 26.4 Å². The lowest BCUT2D eigenvalue weighted by Crippen LogP contribution is -2.51. The van der Waals surface area contributed by atoms with Crippen molar-refractivity contribution >= 4 is 5.91 Å². The van der Waals surface area contributed by atoms with Crippen LogP contribution >= 0.6 is 0 Å². The molecule has 0 unspecified atom stereocenters. The highest BCUT2D eigenvalue weighted by Crippen LogP contribution is 2.21. The molecular weight excluding hydrogens is 316 g/mol. The number of benzene rings is 1. The highest BCUT2D eigenvalue weighted by Gasteiger charge is 2.29. The Morgan fingerprint density at radius 2 is 2.04 bits per heavy atom. The minimum atomic E-state index is -0.0796. The summed E-state index contributed by atoms with van der Waals surface area (Å²) < 4.78 is 11.4. The van der Waals surface area contributed by atoms with E-state index in [9.17, 15) is 4.79 Å². The molecule has 1 saturated heterocycles. The van der Waals surface area contributed by atoms with E-state index >= 15 is 0 Å². The van der Waals surface area contributed by atoms with Crippen molar-refractivity contribution in [1.82, 2.24) is 10.2 Å². The monoisotopic (exact) mass is 344 g/mol. The zero-order valence-corrected chi connectivity index (χ0v) is 15.2. The van der Waals surface area contributed by atoms with Crippen LogP contribution in [0.5, 0.6) is 0 Å². The van der Waals surface area contributed by atoms with Crippen molar-refractivity contribution < 1.29 is 14.3 Å². The zero-order chi connectivity index (χ0) is 17.6. The standard InChI is InChI=1S/C20H28N2O3/c1-15(2)7-10-25-19-14-24-9-8-18(19)21-20(23)13-22-11-16-5-3-4-6-17(16)12-22/h3-7,18-19H,8-14H2,1-2H3,(H,21,23)/t18-,19-/m1/s1. The number of allylic oxidation sites excluding steroid dienone is 1. The van der Waals surface area contributed by atoms with Crippen molar-refractivity contribution in [2.24, 2.45) is 0 Å². The number of rotatable bonds is 6. The smallest absolute Gasteiger partial charge is 0.234 e. The molecular formula is C20H28N2O3. The van der Waals surface area contributed by atoms with Crippen molar-refractivity contribution in [3.05, 3.63) is 47.0 Å². The Labute approximate surface area is 150 Å². The summed E-state index contributed by atoms with van der Waals surface area (Å²) in [5.74, 6) is 0.0653. The molecule has 136 valence electrons. The van der Waals surface area contributed by atoms with Gasteiger partial charge in [-0.25, -0.2) is 0 Å². The lowest BCUT2D eigenvalue weighted by molar-refractivity contribution is -0.126. The summed E-state index contributed by atoms with van der Waals surface area (Å²) in [6.45, 7) is 7.98. The van der Waals surface area contributed by atoms with Crippen LogP contribution in [-0.2, 0) is 27.4 Å². The highest BCUT2D eigenvalue weighted by molar-refractivity contribution is 5.78. The van der Waals surface area contributed by atoms with Gasteiger partial charge in [0.25, 0.3) is 0 Å². The zero-order valence-electron chi connectivity index (χ0n) is 15.2. The number of ether oxygens (including phenoxy) is 2. The minimum Gasteiger partial charge on any atom is -0.379 e. The third-order valence-electron chi connectivity index (χ3n) is 4.73. The van der Waals surface area contributed by atoms with E-state index in [1.165, 1.54) is 16.7 Å². The van der Waals surface area contributed by atoms with Crippen LogP contribution in [0.3, 0.4) is 0 Å². The molecule has 0 saturated carbocycles. The fraction of sp³-hybridized carbons (Fsp3) is 0.550. The Bertz CT molecular complexity index is 600. The van der Waals surface area contributed by atoms with E-state index in [0.717, 1.165) is 19.5 Å². The quantitative estimate of drug-likeness (QED) is 0.804. The molecule has 5 heteroatoms. The van der Waals surface area contributed by atoms with E-state index in [0.29, 0.717) is 26.4 Å². The van der Waals surface area contributed by atoms with Gasteiger partial charge in [0.2, 0.25) is 5.91 Å². The van der Waals surface area contributed by atoms with Crippen LogP contribution in [0.15, 0.2) is 35.9 Å². The largest absolute Gasteiger partial charge is 0.379 e. The van der Waals surface area contributed by atoms with Gasteiger partial charge in [0, 0.05) is 19.7 Å². The Kier molecular flexibility index (Phi) is 6.24. The maximum absolute atomic E-state index is 12.5. The summed E-state index contributed by atoms with van der Waals surface area (Å²) in [5.41, 5.74) is 3.87. The third kappa shape index (κ3) is 5.14. The molecule has 2 heterocycles. The van der Waals surface area contributed by atoms with Gasteiger partial charge in [-0.1, -0.05) is 35.9 Å². The lowest BCUT2D eigenvalue weighted by atomic mass is 10.1.